The summed E-state index contributed by atoms with van der Waals surface area (Å²) in [6, 6.07) is 4.25. The number of hydrogen-bond donors (Lipinski definition) is 1. The van der Waals surface area contributed by atoms with Crippen LogP contribution >= 0.6 is 0 Å². The van der Waals surface area contributed by atoms with Gasteiger partial charge in [0.2, 0.25) is 0 Å². The van der Waals surface area contributed by atoms with E-state index in [1.54, 1.807) is 11.1 Å². The van der Waals surface area contributed by atoms with Crippen LogP contribution in [0.4, 0.5) is 0 Å². The minimum Gasteiger partial charge on any atom is -0.393 e. The summed E-state index contributed by atoms with van der Waals surface area (Å²) in [7, 11) is 0. The van der Waals surface area contributed by atoms with E-state index in [4.69, 9.17) is 0 Å². The van der Waals surface area contributed by atoms with Gasteiger partial charge in [-0.15, -0.1) is 0 Å². The number of aliphatic hydroxyl groups excluding tert-OH is 1. The van der Waals surface area contributed by atoms with Gasteiger partial charge in [0, 0.05) is 17.8 Å². The summed E-state index contributed by atoms with van der Waals surface area (Å²) in [5.74, 6) is 1.39. The molecule has 4 aliphatic carbocycles. The fourth-order valence-corrected chi connectivity index (χ4v) is 6.59. The van der Waals surface area contributed by atoms with Crippen LogP contribution in [0.3, 0.4) is 0 Å². The third-order valence-electron chi connectivity index (χ3n) is 8.10. The molecular weight excluding hydrogens is 318 g/mol. The minimum absolute atomic E-state index is 0.121. The number of aromatic nitrogens is 1. The molecule has 2 nitrogen and oxygen atoms in total. The van der Waals surface area contributed by atoms with E-state index in [1.165, 1.54) is 24.0 Å². The molecule has 0 spiro atoms. The standard InChI is InChI=1S/C24H29NO/c1-23-11-9-18(26)14-17(23)5-6-19-21-8-7-20(16-4-3-13-25-15-16)24(21,2)12-10-22(19)23/h3-5,7-8,13,15,18-19,22,26H,6,9-12,14H2,1-2H3/t18-,19-,22?,23-,24+/m0/s1. The molecule has 0 aliphatic heterocycles. The van der Waals surface area contributed by atoms with Gasteiger partial charge in [-0.3, -0.25) is 4.98 Å². The van der Waals surface area contributed by atoms with Gasteiger partial charge in [-0.1, -0.05) is 49.3 Å². The van der Waals surface area contributed by atoms with Crippen LogP contribution in [-0.4, -0.2) is 16.2 Å². The second kappa shape index (κ2) is 5.66. The molecule has 1 heterocycles. The number of nitrogens with zero attached hydrogens (tertiary/aromatic N) is 1. The number of allylic oxidation sites excluding steroid dienone is 5. The van der Waals surface area contributed by atoms with Crippen molar-refractivity contribution < 1.29 is 5.11 Å². The van der Waals surface area contributed by atoms with E-state index < -0.39 is 0 Å². The van der Waals surface area contributed by atoms with Crippen LogP contribution in [0.15, 0.2) is 53.9 Å². The van der Waals surface area contributed by atoms with Crippen molar-refractivity contribution in [3.8, 4) is 0 Å². The number of hydrogen-bond acceptors (Lipinski definition) is 2. The zero-order chi connectivity index (χ0) is 17.9. The fraction of sp³-hybridized carbons (Fsp3) is 0.542. The Bertz CT molecular complexity index is 820. The van der Waals surface area contributed by atoms with Gasteiger partial charge in [-0.2, -0.15) is 0 Å². The van der Waals surface area contributed by atoms with Gasteiger partial charge in [-0.05, 0) is 73.0 Å². The fourth-order valence-electron chi connectivity index (χ4n) is 6.59. The molecule has 2 heteroatoms. The monoisotopic (exact) mass is 347 g/mol. The molecule has 4 aliphatic rings. The number of fused-ring (bicyclic) bond motifs is 5. The maximum Gasteiger partial charge on any atom is 0.0577 e. The molecular formula is C24H29NO. The average molecular weight is 348 g/mol. The van der Waals surface area contributed by atoms with E-state index in [2.05, 4.69) is 43.1 Å². The molecule has 1 aromatic rings. The van der Waals surface area contributed by atoms with E-state index in [9.17, 15) is 5.11 Å². The average Bonchev–Trinajstić information content (AvgIpc) is 3.00. The van der Waals surface area contributed by atoms with Crippen LogP contribution < -0.4 is 0 Å². The van der Waals surface area contributed by atoms with Crippen molar-refractivity contribution in [2.24, 2.45) is 22.7 Å². The van der Waals surface area contributed by atoms with Gasteiger partial charge >= 0.3 is 0 Å². The Morgan fingerprint density at radius 1 is 1.15 bits per heavy atom. The highest BCUT2D eigenvalue weighted by molar-refractivity contribution is 5.78. The van der Waals surface area contributed by atoms with Gasteiger partial charge in [0.15, 0.2) is 0 Å². The first-order valence-electron chi connectivity index (χ1n) is 10.2. The van der Waals surface area contributed by atoms with Gasteiger partial charge in [0.1, 0.15) is 0 Å². The Hall–Kier alpha value is -1.67. The first kappa shape index (κ1) is 16.5. The van der Waals surface area contributed by atoms with E-state index in [1.807, 2.05) is 18.5 Å². The lowest BCUT2D eigenvalue weighted by Gasteiger charge is -2.56. The highest BCUT2D eigenvalue weighted by Gasteiger charge is 2.54. The second-order valence-electron chi connectivity index (χ2n) is 9.31. The zero-order valence-corrected chi connectivity index (χ0v) is 15.9. The Labute approximate surface area is 156 Å². The molecule has 2 fully saturated rings. The predicted molar refractivity (Wildman–Crippen MR) is 105 cm³/mol. The highest BCUT2D eigenvalue weighted by atomic mass is 16.3. The van der Waals surface area contributed by atoms with Crippen LogP contribution in [0.25, 0.3) is 5.57 Å². The normalized spacial score (nSPS) is 41.3. The number of rotatable bonds is 1. The summed E-state index contributed by atoms with van der Waals surface area (Å²) in [5, 5.41) is 10.1. The zero-order valence-electron chi connectivity index (χ0n) is 15.9. The van der Waals surface area contributed by atoms with Gasteiger partial charge in [-0.25, -0.2) is 0 Å². The molecule has 5 atom stereocenters. The summed E-state index contributed by atoms with van der Waals surface area (Å²) in [6.07, 6.45) is 17.7. The van der Waals surface area contributed by atoms with Crippen molar-refractivity contribution in [1.82, 2.24) is 4.98 Å². The molecule has 2 saturated carbocycles. The smallest absolute Gasteiger partial charge is 0.0577 e. The Kier molecular flexibility index (Phi) is 3.59. The van der Waals surface area contributed by atoms with Crippen molar-refractivity contribution in [3.63, 3.8) is 0 Å². The molecule has 26 heavy (non-hydrogen) atoms. The van der Waals surface area contributed by atoms with Crippen LogP contribution in [0.1, 0.15) is 57.9 Å². The molecule has 136 valence electrons. The molecule has 1 N–H and O–H groups in total. The molecule has 0 radical (unpaired) electrons. The third kappa shape index (κ3) is 2.18. The molecule has 1 unspecified atom stereocenters. The number of aliphatic hydroxyl groups is 1. The lowest BCUT2D eigenvalue weighted by molar-refractivity contribution is 0.0369. The van der Waals surface area contributed by atoms with Gasteiger partial charge in [0.05, 0.1) is 6.10 Å². The quantitative estimate of drug-likeness (QED) is 0.698. The van der Waals surface area contributed by atoms with Crippen molar-refractivity contribution in [2.75, 3.05) is 0 Å². The van der Waals surface area contributed by atoms with Crippen LogP contribution in [0.5, 0.6) is 0 Å². The maximum absolute atomic E-state index is 10.1. The van der Waals surface area contributed by atoms with E-state index in [-0.39, 0.29) is 11.5 Å². The molecule has 5 rings (SSSR count). The van der Waals surface area contributed by atoms with E-state index in [0.29, 0.717) is 11.3 Å². The highest BCUT2D eigenvalue weighted by Crippen LogP contribution is 2.64. The lowest BCUT2D eigenvalue weighted by Crippen LogP contribution is -2.47. The van der Waals surface area contributed by atoms with Crippen LogP contribution in [0.2, 0.25) is 0 Å². The first-order valence-corrected chi connectivity index (χ1v) is 10.2. The molecule has 1 aromatic heterocycles. The second-order valence-corrected chi connectivity index (χ2v) is 9.31. The van der Waals surface area contributed by atoms with Gasteiger partial charge in [0.25, 0.3) is 0 Å². The first-order chi connectivity index (χ1) is 12.5. The van der Waals surface area contributed by atoms with Crippen LogP contribution in [-0.2, 0) is 0 Å². The Morgan fingerprint density at radius 3 is 2.85 bits per heavy atom. The molecule has 0 aromatic carbocycles. The summed E-state index contributed by atoms with van der Waals surface area (Å²) < 4.78 is 0. The minimum atomic E-state index is -0.121. The molecule has 0 amide bonds. The van der Waals surface area contributed by atoms with E-state index in [0.717, 1.165) is 31.6 Å². The van der Waals surface area contributed by atoms with Crippen molar-refractivity contribution in [1.29, 1.82) is 0 Å². The predicted octanol–water partition coefficient (Wildman–Crippen LogP) is 5.32. The van der Waals surface area contributed by atoms with Crippen molar-refractivity contribution >= 4 is 5.57 Å². The lowest BCUT2D eigenvalue weighted by atomic mass is 9.49. The Balaban J connectivity index is 1.50. The maximum atomic E-state index is 10.1. The van der Waals surface area contributed by atoms with Crippen molar-refractivity contribution in [2.45, 2.75) is 58.5 Å². The Morgan fingerprint density at radius 2 is 2.04 bits per heavy atom. The molecule has 0 saturated heterocycles. The largest absolute Gasteiger partial charge is 0.393 e. The molecule has 0 bridgehead atoms. The van der Waals surface area contributed by atoms with Crippen LogP contribution in [0, 0.1) is 22.7 Å². The third-order valence-corrected chi connectivity index (χ3v) is 8.10. The summed E-state index contributed by atoms with van der Waals surface area (Å²) in [6.45, 7) is 4.93. The SMILES string of the molecule is C[C@]12CCC3[C@@H](CC=C4C[C@@H](O)CC[C@@]43C)C1=CC=C2c1cccnc1. The summed E-state index contributed by atoms with van der Waals surface area (Å²) in [5.41, 5.74) is 6.38. The van der Waals surface area contributed by atoms with Crippen molar-refractivity contribution in [3.05, 3.63) is 59.5 Å². The number of pyridine rings is 1. The summed E-state index contributed by atoms with van der Waals surface area (Å²) in [4.78, 5) is 4.35. The van der Waals surface area contributed by atoms with Gasteiger partial charge < -0.3 is 5.11 Å². The summed E-state index contributed by atoms with van der Waals surface area (Å²) >= 11 is 0. The van der Waals surface area contributed by atoms with E-state index >= 15 is 0 Å². The topological polar surface area (TPSA) is 33.1 Å².